The normalized spacial score (nSPS) is 20.3. The lowest BCUT2D eigenvalue weighted by Gasteiger charge is -2.41. The molecule has 3 aromatic rings. The molecule has 1 amide bonds. The number of carbonyl (C=O) groups excluding carboxylic acids is 1. The highest BCUT2D eigenvalue weighted by atomic mass is 19.1. The van der Waals surface area contributed by atoms with Gasteiger partial charge < -0.3 is 15.1 Å². The molecule has 2 aromatic carbocycles. The monoisotopic (exact) mass is 488 g/mol. The molecule has 2 atom stereocenters. The molecule has 36 heavy (non-hydrogen) atoms. The highest BCUT2D eigenvalue weighted by Gasteiger charge is 2.53. The van der Waals surface area contributed by atoms with Crippen LogP contribution in [-0.2, 0) is 16.8 Å². The van der Waals surface area contributed by atoms with Crippen LogP contribution in [-0.4, -0.2) is 40.9 Å². The van der Waals surface area contributed by atoms with Crippen molar-refractivity contribution in [2.45, 2.75) is 38.3 Å². The summed E-state index contributed by atoms with van der Waals surface area (Å²) in [6.45, 7) is 4.77. The van der Waals surface area contributed by atoms with Crippen LogP contribution >= 0.6 is 0 Å². The van der Waals surface area contributed by atoms with E-state index in [1.54, 1.807) is 44.2 Å². The van der Waals surface area contributed by atoms with Crippen LogP contribution < -0.4 is 10.2 Å². The van der Waals surface area contributed by atoms with Gasteiger partial charge in [0, 0.05) is 17.7 Å². The van der Waals surface area contributed by atoms with E-state index in [0.717, 1.165) is 0 Å². The van der Waals surface area contributed by atoms with Crippen LogP contribution in [0.2, 0.25) is 0 Å². The fraction of sp³-hybridized carbons (Fsp3) is 0.333. The number of hydrogen-bond donors (Lipinski definition) is 1. The Morgan fingerprint density at radius 2 is 1.94 bits per heavy atom. The van der Waals surface area contributed by atoms with Crippen LogP contribution in [0.1, 0.15) is 47.6 Å². The van der Waals surface area contributed by atoms with Crippen LogP contribution in [0.5, 0.6) is 0 Å². The van der Waals surface area contributed by atoms with Crippen LogP contribution in [0.4, 0.5) is 20.3 Å². The van der Waals surface area contributed by atoms with Gasteiger partial charge in [0.1, 0.15) is 34.8 Å². The quantitative estimate of drug-likeness (QED) is 0.592. The largest absolute Gasteiger partial charge is 0.363 e. The number of anilines is 2. The summed E-state index contributed by atoms with van der Waals surface area (Å²) < 4.78 is 29.8. The van der Waals surface area contributed by atoms with Gasteiger partial charge in [-0.25, -0.2) is 18.7 Å². The van der Waals surface area contributed by atoms with Gasteiger partial charge in [-0.05, 0) is 52.1 Å². The summed E-state index contributed by atoms with van der Waals surface area (Å²) in [7, 11) is 1.95. The number of likely N-dealkylation sites (tertiary alicyclic amines) is 1. The number of likely N-dealkylation sites (N-methyl/N-ethyl adjacent to an activating group) is 1. The van der Waals surface area contributed by atoms with Gasteiger partial charge in [-0.3, -0.25) is 4.79 Å². The molecule has 1 N–H and O–H groups in total. The van der Waals surface area contributed by atoms with Crippen molar-refractivity contribution in [2.75, 3.05) is 30.4 Å². The molecule has 2 aliphatic rings. The Morgan fingerprint density at radius 1 is 1.17 bits per heavy atom. The van der Waals surface area contributed by atoms with E-state index in [-0.39, 0.29) is 23.7 Å². The second-order valence-electron chi connectivity index (χ2n) is 9.55. The SMILES string of the molecule is Cc1nc(N[C@H](C)c2cccc(C#N)c2F)c2c(n1)C1(CCN(C)C1)C(=O)N(c1ccccc1F)C2. The van der Waals surface area contributed by atoms with Gasteiger partial charge in [0.05, 0.1) is 29.5 Å². The molecular formula is C27H26F2N6O. The Kier molecular flexibility index (Phi) is 5.92. The summed E-state index contributed by atoms with van der Waals surface area (Å²) in [4.78, 5) is 26.9. The van der Waals surface area contributed by atoms with Crippen molar-refractivity contribution in [2.24, 2.45) is 0 Å². The number of nitrogens with zero attached hydrogens (tertiary/aromatic N) is 5. The lowest BCUT2D eigenvalue weighted by atomic mass is 9.76. The van der Waals surface area contributed by atoms with E-state index in [4.69, 9.17) is 4.98 Å². The number of benzene rings is 2. The van der Waals surface area contributed by atoms with E-state index in [9.17, 15) is 18.8 Å². The molecule has 0 aliphatic carbocycles. The average Bonchev–Trinajstić information content (AvgIpc) is 3.25. The molecule has 1 aromatic heterocycles. The minimum atomic E-state index is -0.941. The number of amides is 1. The topological polar surface area (TPSA) is 85.1 Å². The third-order valence-corrected chi connectivity index (χ3v) is 7.12. The van der Waals surface area contributed by atoms with E-state index < -0.39 is 23.1 Å². The van der Waals surface area contributed by atoms with E-state index in [1.165, 1.54) is 17.0 Å². The van der Waals surface area contributed by atoms with E-state index in [0.29, 0.717) is 48.0 Å². The fourth-order valence-corrected chi connectivity index (χ4v) is 5.34. The molecule has 0 saturated carbocycles. The number of aryl methyl sites for hydroxylation is 1. The lowest BCUT2D eigenvalue weighted by Crippen LogP contribution is -2.53. The van der Waals surface area contributed by atoms with Crippen molar-refractivity contribution in [3.05, 3.63) is 82.3 Å². The van der Waals surface area contributed by atoms with Gasteiger partial charge in [-0.15, -0.1) is 0 Å². The van der Waals surface area contributed by atoms with Gasteiger partial charge in [0.2, 0.25) is 5.91 Å². The molecule has 0 bridgehead atoms. The van der Waals surface area contributed by atoms with E-state index in [2.05, 4.69) is 15.2 Å². The fourth-order valence-electron chi connectivity index (χ4n) is 5.34. The number of rotatable bonds is 4. The van der Waals surface area contributed by atoms with Crippen molar-refractivity contribution >= 4 is 17.4 Å². The first-order chi connectivity index (χ1) is 17.2. The number of fused-ring (bicyclic) bond motifs is 2. The lowest BCUT2D eigenvalue weighted by molar-refractivity contribution is -0.124. The smallest absolute Gasteiger partial charge is 0.241 e. The molecule has 3 heterocycles. The van der Waals surface area contributed by atoms with Gasteiger partial charge >= 0.3 is 0 Å². The third-order valence-electron chi connectivity index (χ3n) is 7.12. The average molecular weight is 489 g/mol. The van der Waals surface area contributed by atoms with Crippen LogP contribution in [0, 0.1) is 29.9 Å². The number of hydrogen-bond acceptors (Lipinski definition) is 6. The van der Waals surface area contributed by atoms with Crippen molar-refractivity contribution in [3.8, 4) is 6.07 Å². The number of nitrogens with one attached hydrogen (secondary N) is 1. The predicted octanol–water partition coefficient (Wildman–Crippen LogP) is 4.23. The molecular weight excluding hydrogens is 462 g/mol. The minimum Gasteiger partial charge on any atom is -0.363 e. The van der Waals surface area contributed by atoms with Crippen LogP contribution in [0.15, 0.2) is 42.5 Å². The van der Waals surface area contributed by atoms with E-state index >= 15 is 0 Å². The maximum atomic E-state index is 14.9. The zero-order valence-corrected chi connectivity index (χ0v) is 20.3. The molecule has 7 nitrogen and oxygen atoms in total. The molecule has 1 unspecified atom stereocenters. The first kappa shape index (κ1) is 23.8. The summed E-state index contributed by atoms with van der Waals surface area (Å²) in [5.41, 5.74) is 0.873. The molecule has 1 saturated heterocycles. The Morgan fingerprint density at radius 3 is 2.64 bits per heavy atom. The summed E-state index contributed by atoms with van der Waals surface area (Å²) >= 11 is 0. The first-order valence-electron chi connectivity index (χ1n) is 11.8. The summed E-state index contributed by atoms with van der Waals surface area (Å²) in [5, 5.41) is 12.5. The van der Waals surface area contributed by atoms with E-state index in [1.807, 2.05) is 13.1 Å². The zero-order valence-electron chi connectivity index (χ0n) is 20.3. The van der Waals surface area contributed by atoms with Crippen molar-refractivity contribution < 1.29 is 13.6 Å². The Hall–Kier alpha value is -3.90. The van der Waals surface area contributed by atoms with Gasteiger partial charge in [-0.2, -0.15) is 5.26 Å². The summed E-state index contributed by atoms with van der Waals surface area (Å²) in [6.07, 6.45) is 0.546. The predicted molar refractivity (Wildman–Crippen MR) is 131 cm³/mol. The van der Waals surface area contributed by atoms with Crippen molar-refractivity contribution in [3.63, 3.8) is 0 Å². The van der Waals surface area contributed by atoms with Gasteiger partial charge in [0.25, 0.3) is 0 Å². The van der Waals surface area contributed by atoms with Crippen molar-refractivity contribution in [1.29, 1.82) is 5.26 Å². The zero-order chi connectivity index (χ0) is 25.6. The summed E-state index contributed by atoms with van der Waals surface area (Å²) in [6, 6.07) is 12.3. The Balaban J connectivity index is 1.64. The molecule has 5 rings (SSSR count). The maximum absolute atomic E-state index is 14.9. The standard InChI is InChI=1S/C27H26F2N6O/c1-16(19-8-6-7-18(13-30)23(19)29)31-25-20-14-35(22-10-5-4-9-21(22)28)26(36)27(11-12-34(3)15-27)24(20)32-17(2)33-25/h4-10,16H,11-12,14-15H2,1-3H3,(H,31,32,33)/t16-,27?/m1/s1. The number of carbonyl (C=O) groups is 1. The molecule has 2 aliphatic heterocycles. The number of halogens is 2. The Labute approximate surface area is 208 Å². The molecule has 184 valence electrons. The number of aromatic nitrogens is 2. The number of nitriles is 1. The first-order valence-corrected chi connectivity index (χ1v) is 11.8. The Bertz CT molecular complexity index is 1400. The van der Waals surface area contributed by atoms with Crippen LogP contribution in [0.25, 0.3) is 0 Å². The van der Waals surface area contributed by atoms with Gasteiger partial charge in [0.15, 0.2) is 0 Å². The number of para-hydroxylation sites is 1. The molecule has 9 heteroatoms. The summed E-state index contributed by atoms with van der Waals surface area (Å²) in [5.74, 6) is -0.307. The van der Waals surface area contributed by atoms with Crippen molar-refractivity contribution in [1.82, 2.24) is 14.9 Å². The second kappa shape index (κ2) is 8.95. The third kappa shape index (κ3) is 3.78. The molecule has 0 radical (unpaired) electrons. The highest BCUT2D eigenvalue weighted by molar-refractivity contribution is 6.03. The highest BCUT2D eigenvalue weighted by Crippen LogP contribution is 2.44. The van der Waals surface area contributed by atoms with Crippen LogP contribution in [0.3, 0.4) is 0 Å². The molecule has 1 fully saturated rings. The maximum Gasteiger partial charge on any atom is 0.241 e. The minimum absolute atomic E-state index is 0.0358. The second-order valence-corrected chi connectivity index (χ2v) is 9.55. The van der Waals surface area contributed by atoms with Gasteiger partial charge in [-0.1, -0.05) is 24.3 Å². The molecule has 1 spiro atoms.